The van der Waals surface area contributed by atoms with Crippen LogP contribution in [0.3, 0.4) is 0 Å². The molecule has 6 rings (SSSR count). The van der Waals surface area contributed by atoms with Gasteiger partial charge in [-0.25, -0.2) is 0 Å². The Morgan fingerprint density at radius 1 is 1.13 bits per heavy atom. The van der Waals surface area contributed by atoms with Gasteiger partial charge in [0.25, 0.3) is 11.8 Å². The van der Waals surface area contributed by atoms with E-state index < -0.39 is 17.6 Å². The number of benzene rings is 2. The number of aliphatic hydroxyl groups excluding tert-OH is 1. The molecule has 1 saturated heterocycles. The minimum Gasteiger partial charge on any atom is -0.420 e. The van der Waals surface area contributed by atoms with Crippen LogP contribution in [0.15, 0.2) is 48.5 Å². The van der Waals surface area contributed by atoms with Gasteiger partial charge >= 0.3 is 5.57 Å². The molecule has 38 heavy (non-hydrogen) atoms. The monoisotopic (exact) mass is 542 g/mol. The minimum atomic E-state index is -3.83. The molecule has 3 aliphatic rings. The van der Waals surface area contributed by atoms with Crippen molar-refractivity contribution in [3.63, 3.8) is 0 Å². The van der Waals surface area contributed by atoms with E-state index in [1.54, 1.807) is 12.1 Å². The number of rotatable bonds is 7. The summed E-state index contributed by atoms with van der Waals surface area (Å²) in [5, 5.41) is 12.9. The number of nitrogens with one attached hydrogen (secondary N) is 2. The summed E-state index contributed by atoms with van der Waals surface area (Å²) in [5.41, 5.74) is 0.784. The number of amides is 2. The highest BCUT2D eigenvalue weighted by atomic mass is 35.5. The van der Waals surface area contributed by atoms with Gasteiger partial charge in [0.2, 0.25) is 0 Å². The third kappa shape index (κ3) is 4.93. The predicted octanol–water partition coefficient (Wildman–Crippen LogP) is 4.79. The molecule has 0 bridgehead atoms. The number of halogens is 3. The summed E-state index contributed by atoms with van der Waals surface area (Å²) in [4.78, 5) is 33.3. The molecule has 2 fully saturated rings. The number of hydrogen-bond donors (Lipinski definition) is 3. The van der Waals surface area contributed by atoms with E-state index in [-0.39, 0.29) is 11.7 Å². The second-order valence-corrected chi connectivity index (χ2v) is 10.3. The number of nitrogens with zero attached hydrogens (tertiary/aromatic N) is 2. The Hall–Kier alpha value is -3.63. The maximum atomic E-state index is 13.1. The molecule has 0 unspecified atom stereocenters. The molecule has 3 heterocycles. The van der Waals surface area contributed by atoms with Crippen molar-refractivity contribution in [3.05, 3.63) is 65.4 Å². The summed E-state index contributed by atoms with van der Waals surface area (Å²) in [5.74, 6) is -0.539. The summed E-state index contributed by atoms with van der Waals surface area (Å²) >= 11 is 4.79. The van der Waals surface area contributed by atoms with Crippen molar-refractivity contribution in [2.75, 3.05) is 23.3 Å². The molecule has 2 aromatic carbocycles. The second kappa shape index (κ2) is 9.28. The number of H-pyrrole nitrogens is 1. The van der Waals surface area contributed by atoms with Crippen molar-refractivity contribution < 1.29 is 28.2 Å². The number of carbonyl (C=O) groups excluding carboxylic acids is 2. The summed E-state index contributed by atoms with van der Waals surface area (Å²) < 4.78 is 30.0. The van der Waals surface area contributed by atoms with E-state index in [1.807, 2.05) is 17.0 Å². The first-order chi connectivity index (χ1) is 18.1. The van der Waals surface area contributed by atoms with Crippen molar-refractivity contribution in [3.8, 4) is 17.0 Å². The van der Waals surface area contributed by atoms with Crippen molar-refractivity contribution in [1.82, 2.24) is 9.88 Å². The van der Waals surface area contributed by atoms with Gasteiger partial charge in [0.05, 0.1) is 6.10 Å². The third-order valence-corrected chi connectivity index (χ3v) is 7.18. The normalized spacial score (nSPS) is 19.2. The van der Waals surface area contributed by atoms with Crippen LogP contribution in [0.2, 0.25) is 0 Å². The van der Waals surface area contributed by atoms with Gasteiger partial charge in [-0.3, -0.25) is 9.59 Å². The summed E-state index contributed by atoms with van der Waals surface area (Å²) in [6.45, 7) is 1.72. The lowest BCUT2D eigenvalue weighted by Crippen LogP contribution is -2.26. The molecule has 8 nitrogen and oxygen atoms in total. The maximum Gasteiger partial charge on any atom is 0.487 e. The van der Waals surface area contributed by atoms with Gasteiger partial charge in [-0.2, -0.15) is 0 Å². The number of alkyl halides is 3. The van der Waals surface area contributed by atoms with Gasteiger partial charge in [0.1, 0.15) is 11.4 Å². The number of carbonyl (C=O) groups is 2. The fourth-order valence-corrected chi connectivity index (χ4v) is 5.20. The van der Waals surface area contributed by atoms with Crippen LogP contribution in [-0.4, -0.2) is 57.6 Å². The zero-order valence-electron chi connectivity index (χ0n) is 20.2. The van der Waals surface area contributed by atoms with E-state index in [9.17, 15) is 23.5 Å². The van der Waals surface area contributed by atoms with Crippen LogP contribution in [0.1, 0.15) is 45.7 Å². The highest BCUT2D eigenvalue weighted by Crippen LogP contribution is 2.39. The summed E-state index contributed by atoms with van der Waals surface area (Å²) in [7, 11) is 0. The number of ether oxygens (including phenoxy) is 1. The van der Waals surface area contributed by atoms with E-state index in [4.69, 9.17) is 11.6 Å². The number of anilines is 2. The third-order valence-electron chi connectivity index (χ3n) is 7.10. The van der Waals surface area contributed by atoms with Gasteiger partial charge in [0.15, 0.2) is 0 Å². The highest BCUT2D eigenvalue weighted by molar-refractivity contribution is 6.20. The molecule has 1 atom stereocenters. The van der Waals surface area contributed by atoms with Crippen molar-refractivity contribution in [2.24, 2.45) is 0 Å². The van der Waals surface area contributed by atoms with Gasteiger partial charge in [-0.05, 0) is 67.8 Å². The van der Waals surface area contributed by atoms with E-state index in [1.165, 1.54) is 24.3 Å². The molecule has 0 radical (unpaired) electrons. The van der Waals surface area contributed by atoms with Crippen LogP contribution in [0.5, 0.6) is 5.75 Å². The Balaban J connectivity index is 1.27. The molecule has 1 aliphatic carbocycles. The zero-order valence-corrected chi connectivity index (χ0v) is 21.0. The summed E-state index contributed by atoms with van der Waals surface area (Å²) in [6, 6.07) is 13.0. The van der Waals surface area contributed by atoms with Crippen molar-refractivity contribution >= 4 is 34.8 Å². The zero-order chi connectivity index (χ0) is 26.6. The van der Waals surface area contributed by atoms with Crippen LogP contribution in [0, 0.1) is 0 Å². The maximum absolute atomic E-state index is 13.1. The van der Waals surface area contributed by atoms with Crippen molar-refractivity contribution in [1.29, 1.82) is 0 Å². The van der Waals surface area contributed by atoms with Crippen LogP contribution in [0.4, 0.5) is 20.2 Å². The summed E-state index contributed by atoms with van der Waals surface area (Å²) in [6.07, 6.45) is 2.29. The Labute approximate surface area is 222 Å². The molecule has 0 spiro atoms. The Bertz CT molecular complexity index is 1400. The van der Waals surface area contributed by atoms with Crippen LogP contribution in [-0.2, 0) is 6.54 Å². The highest BCUT2D eigenvalue weighted by Gasteiger charge is 2.39. The van der Waals surface area contributed by atoms with E-state index in [0.29, 0.717) is 49.0 Å². The Kier molecular flexibility index (Phi) is 6.03. The average molecular weight is 543 g/mol. The molecule has 2 aliphatic heterocycles. The van der Waals surface area contributed by atoms with Gasteiger partial charge < -0.3 is 29.9 Å². The van der Waals surface area contributed by atoms with E-state index >= 15 is 0 Å². The second-order valence-electron chi connectivity index (χ2n) is 9.89. The number of aromatic amines is 1. The van der Waals surface area contributed by atoms with E-state index in [0.717, 1.165) is 35.3 Å². The molecule has 11 heteroatoms. The topological polar surface area (TPSA) is 97.9 Å². The van der Waals surface area contributed by atoms with Crippen LogP contribution >= 0.6 is 11.6 Å². The van der Waals surface area contributed by atoms with Gasteiger partial charge in [-0.15, -0.1) is 8.78 Å². The standard InChI is InChI=1S/C27H25ClF2N4O4/c28-27(29,30)38-20-6-2-17(3-7-20)31-25(36)15-1-8-23(33-10-9-19(35)14-33)21(11-15)22-12-16-13-34(18-4-5-18)26(37)24(16)32-22/h1-3,6-8,11-12,18-19,32,35H,4-5,9-10,13-14H2,(H,31,36)/t19-/m0/s1. The predicted molar refractivity (Wildman–Crippen MR) is 138 cm³/mol. The Morgan fingerprint density at radius 3 is 2.53 bits per heavy atom. The number of hydrogen-bond acceptors (Lipinski definition) is 5. The first-order valence-corrected chi connectivity index (χ1v) is 12.8. The molecular weight excluding hydrogens is 518 g/mol. The molecule has 3 aromatic rings. The van der Waals surface area contributed by atoms with Crippen LogP contribution < -0.4 is 15.0 Å². The lowest BCUT2D eigenvalue weighted by atomic mass is 10.0. The fourth-order valence-electron chi connectivity index (χ4n) is 5.11. The van der Waals surface area contributed by atoms with Gasteiger partial charge in [-0.1, -0.05) is 0 Å². The number of fused-ring (bicyclic) bond motifs is 1. The first kappa shape index (κ1) is 24.7. The minimum absolute atomic E-state index is 0.000137. The molecule has 1 aromatic heterocycles. The quantitative estimate of drug-likeness (QED) is 0.373. The molecule has 198 valence electrons. The fraction of sp³-hybridized carbons (Fsp3) is 0.333. The van der Waals surface area contributed by atoms with Crippen LogP contribution in [0.25, 0.3) is 11.3 Å². The average Bonchev–Trinajstić information content (AvgIpc) is 3.35. The number of aliphatic hydroxyl groups is 1. The van der Waals surface area contributed by atoms with Crippen molar-refractivity contribution in [2.45, 2.75) is 43.5 Å². The largest absolute Gasteiger partial charge is 0.487 e. The molecule has 1 saturated carbocycles. The first-order valence-electron chi connectivity index (χ1n) is 12.4. The van der Waals surface area contributed by atoms with Gasteiger partial charge in [0, 0.05) is 71.0 Å². The molecular formula is C27H25ClF2N4O4. The lowest BCUT2D eigenvalue weighted by molar-refractivity contribution is -0.0964. The van der Waals surface area contributed by atoms with E-state index in [2.05, 4.69) is 19.9 Å². The SMILES string of the molecule is O=C(Nc1ccc(OC(F)(F)Cl)cc1)c1ccc(N2CC[C@H](O)C2)c(-c2cc3c([nH]2)C(=O)N(C2CC2)C3)c1. The Morgan fingerprint density at radius 2 is 1.89 bits per heavy atom. The number of β-amino-alcohol motifs (C(OH)–C–C–N with tert-alkyl or cyclic N) is 1. The smallest absolute Gasteiger partial charge is 0.420 e. The lowest BCUT2D eigenvalue weighted by Gasteiger charge is -2.22. The molecule has 3 N–H and O–H groups in total. The molecule has 2 amide bonds. The number of aromatic nitrogens is 1.